The van der Waals surface area contributed by atoms with Crippen LogP contribution < -0.4 is 6.15 Å². The maximum Gasteiger partial charge on any atom is -0.0384 e. The third-order valence-electron chi connectivity index (χ3n) is 0.289. The Morgan fingerprint density at radius 1 is 1.60 bits per heavy atom. The van der Waals surface area contributed by atoms with Crippen molar-refractivity contribution in [2.75, 3.05) is 6.16 Å². The van der Waals surface area contributed by atoms with Gasteiger partial charge in [0.1, 0.15) is 0 Å². The molecule has 0 saturated heterocycles. The van der Waals surface area contributed by atoms with E-state index in [1.54, 1.807) is 0 Å². The van der Waals surface area contributed by atoms with Crippen LogP contribution in [0, 0.1) is 0 Å². The normalized spacial score (nSPS) is 6.00. The first-order valence-corrected chi connectivity index (χ1v) is 2.43. The molecule has 0 aromatic heterocycles. The Morgan fingerprint density at radius 2 is 1.80 bits per heavy atom. The Kier molecular flexibility index (Phi) is 16.0. The first-order chi connectivity index (χ1) is 1.91. The van der Waals surface area contributed by atoms with Crippen LogP contribution in [-0.2, 0) is 0 Å². The van der Waals surface area contributed by atoms with Crippen molar-refractivity contribution in [1.82, 2.24) is 6.15 Å². The van der Waals surface area contributed by atoms with Crippen molar-refractivity contribution < 1.29 is 0 Å². The predicted octanol–water partition coefficient (Wildman–Crippen LogP) is 1.43. The highest BCUT2D eigenvalue weighted by molar-refractivity contribution is 7.16. The van der Waals surface area contributed by atoms with Crippen LogP contribution >= 0.6 is 9.24 Å². The lowest BCUT2D eigenvalue weighted by molar-refractivity contribution is 1.11. The van der Waals surface area contributed by atoms with Crippen LogP contribution in [0.15, 0.2) is 0 Å². The van der Waals surface area contributed by atoms with Gasteiger partial charge < -0.3 is 6.15 Å². The summed E-state index contributed by atoms with van der Waals surface area (Å²) in [5, 5.41) is 0. The summed E-state index contributed by atoms with van der Waals surface area (Å²) in [6.45, 7) is 2.16. The van der Waals surface area contributed by atoms with Gasteiger partial charge in [-0.2, -0.15) is 0 Å². The van der Waals surface area contributed by atoms with E-state index in [0.29, 0.717) is 0 Å². The fraction of sp³-hybridized carbons (Fsp3) is 1.00. The van der Waals surface area contributed by atoms with Gasteiger partial charge in [0.25, 0.3) is 0 Å². The van der Waals surface area contributed by atoms with Crippen LogP contribution in [0.2, 0.25) is 0 Å². The van der Waals surface area contributed by atoms with Gasteiger partial charge in [-0.05, 0) is 6.16 Å². The van der Waals surface area contributed by atoms with Crippen LogP contribution in [0.3, 0.4) is 0 Å². The summed E-state index contributed by atoms with van der Waals surface area (Å²) in [5.41, 5.74) is 0. The molecule has 0 amide bonds. The average Bonchev–Trinajstić information content (AvgIpc) is 1.37. The first-order valence-electron chi connectivity index (χ1n) is 1.62. The molecule has 0 spiro atoms. The van der Waals surface area contributed by atoms with E-state index in [2.05, 4.69) is 16.2 Å². The molecule has 1 atom stereocenters. The van der Waals surface area contributed by atoms with Gasteiger partial charge in [-0.15, -0.1) is 9.24 Å². The smallest absolute Gasteiger partial charge is 0.0384 e. The Hall–Kier alpha value is 0.390. The zero-order chi connectivity index (χ0) is 3.41. The topological polar surface area (TPSA) is 35.0 Å². The van der Waals surface area contributed by atoms with Gasteiger partial charge in [0.05, 0.1) is 0 Å². The molecule has 0 aromatic rings. The third kappa shape index (κ3) is 13.0. The fourth-order valence-electron chi connectivity index (χ4n) is 0. The van der Waals surface area contributed by atoms with Gasteiger partial charge in [0.15, 0.2) is 0 Å². The highest BCUT2D eigenvalue weighted by Gasteiger charge is 1.56. The molecule has 2 heteroatoms. The Labute approximate surface area is 35.9 Å². The Bertz CT molecular complexity index is 8.85. The monoisotopic (exact) mass is 93.1 g/mol. The van der Waals surface area contributed by atoms with Crippen LogP contribution in [0.4, 0.5) is 0 Å². The molecule has 1 unspecified atom stereocenters. The van der Waals surface area contributed by atoms with Crippen molar-refractivity contribution in [3.63, 3.8) is 0 Å². The summed E-state index contributed by atoms with van der Waals surface area (Å²) in [7, 11) is 2.66. The summed E-state index contributed by atoms with van der Waals surface area (Å²) >= 11 is 0. The SMILES string of the molecule is CCCP.N. The molecule has 0 aromatic carbocycles. The van der Waals surface area contributed by atoms with Crippen molar-refractivity contribution in [1.29, 1.82) is 0 Å². The lowest BCUT2D eigenvalue weighted by Gasteiger charge is -1.68. The third-order valence-corrected chi connectivity index (χ3v) is 0.866. The lowest BCUT2D eigenvalue weighted by Crippen LogP contribution is -1.54. The maximum atomic E-state index is 2.66. The van der Waals surface area contributed by atoms with E-state index in [-0.39, 0.29) is 6.15 Å². The standard InChI is InChI=1S/C3H9P.H3N/c1-2-3-4;/h2-4H2,1H3;1H3. The molecule has 0 aliphatic carbocycles. The van der Waals surface area contributed by atoms with Crippen molar-refractivity contribution in [2.45, 2.75) is 13.3 Å². The summed E-state index contributed by atoms with van der Waals surface area (Å²) in [4.78, 5) is 0. The molecule has 34 valence electrons. The number of hydrogen-bond acceptors (Lipinski definition) is 1. The number of hydrogen-bond donors (Lipinski definition) is 1. The van der Waals surface area contributed by atoms with Crippen LogP contribution in [0.1, 0.15) is 13.3 Å². The molecule has 0 saturated carbocycles. The molecular formula is C3H12NP. The quantitative estimate of drug-likeness (QED) is 0.489. The molecule has 0 fully saturated rings. The second-order valence-electron chi connectivity index (χ2n) is 0.789. The van der Waals surface area contributed by atoms with E-state index >= 15 is 0 Å². The van der Waals surface area contributed by atoms with E-state index in [0.717, 1.165) is 0 Å². The zero-order valence-corrected chi connectivity index (χ0v) is 4.85. The summed E-state index contributed by atoms with van der Waals surface area (Å²) < 4.78 is 0. The molecule has 0 aliphatic rings. The van der Waals surface area contributed by atoms with Crippen LogP contribution in [0.5, 0.6) is 0 Å². The maximum absolute atomic E-state index is 2.66. The highest BCUT2D eigenvalue weighted by Crippen LogP contribution is 1.80. The van der Waals surface area contributed by atoms with E-state index in [9.17, 15) is 0 Å². The van der Waals surface area contributed by atoms with E-state index < -0.39 is 0 Å². The molecule has 0 rings (SSSR count). The van der Waals surface area contributed by atoms with Crippen molar-refractivity contribution in [3.05, 3.63) is 0 Å². The molecule has 3 N–H and O–H groups in total. The molecule has 5 heavy (non-hydrogen) atoms. The Morgan fingerprint density at radius 3 is 1.80 bits per heavy atom. The van der Waals surface area contributed by atoms with Crippen molar-refractivity contribution in [3.8, 4) is 0 Å². The van der Waals surface area contributed by atoms with Gasteiger partial charge in [0.2, 0.25) is 0 Å². The minimum Gasteiger partial charge on any atom is -0.344 e. The minimum atomic E-state index is 0. The molecule has 0 heterocycles. The first kappa shape index (κ1) is 9.04. The molecular weight excluding hydrogens is 81.0 g/mol. The molecule has 1 nitrogen and oxygen atoms in total. The van der Waals surface area contributed by atoms with Gasteiger partial charge in [-0.25, -0.2) is 0 Å². The largest absolute Gasteiger partial charge is 0.344 e. The van der Waals surface area contributed by atoms with E-state index in [1.807, 2.05) is 0 Å². The minimum absolute atomic E-state index is 0. The fourth-order valence-corrected chi connectivity index (χ4v) is 0. The van der Waals surface area contributed by atoms with Gasteiger partial charge >= 0.3 is 0 Å². The molecule has 0 aliphatic heterocycles. The summed E-state index contributed by atoms with van der Waals surface area (Å²) in [5.74, 6) is 0. The van der Waals surface area contributed by atoms with Crippen LogP contribution in [-0.4, -0.2) is 6.16 Å². The highest BCUT2D eigenvalue weighted by atomic mass is 31.0. The van der Waals surface area contributed by atoms with E-state index in [4.69, 9.17) is 0 Å². The Balaban J connectivity index is 0. The van der Waals surface area contributed by atoms with Crippen molar-refractivity contribution in [2.24, 2.45) is 0 Å². The second-order valence-corrected chi connectivity index (χ2v) is 1.37. The summed E-state index contributed by atoms with van der Waals surface area (Å²) in [6, 6.07) is 0. The van der Waals surface area contributed by atoms with Crippen molar-refractivity contribution >= 4 is 9.24 Å². The predicted molar refractivity (Wildman–Crippen MR) is 29.9 cm³/mol. The average molecular weight is 93.1 g/mol. The van der Waals surface area contributed by atoms with Gasteiger partial charge in [0, 0.05) is 0 Å². The summed E-state index contributed by atoms with van der Waals surface area (Å²) in [6.07, 6.45) is 2.52. The molecule has 0 bridgehead atoms. The number of rotatable bonds is 1. The lowest BCUT2D eigenvalue weighted by atomic mass is 10.6. The zero-order valence-electron chi connectivity index (χ0n) is 3.70. The van der Waals surface area contributed by atoms with Gasteiger partial charge in [-0.3, -0.25) is 0 Å². The van der Waals surface area contributed by atoms with Crippen LogP contribution in [0.25, 0.3) is 0 Å². The second kappa shape index (κ2) is 8.83. The molecule has 0 radical (unpaired) electrons. The van der Waals surface area contributed by atoms with Gasteiger partial charge in [-0.1, -0.05) is 13.3 Å². The van der Waals surface area contributed by atoms with E-state index in [1.165, 1.54) is 12.6 Å².